The van der Waals surface area contributed by atoms with E-state index in [-0.39, 0.29) is 0 Å². The molecule has 1 N–H and O–H groups in total. The lowest BCUT2D eigenvalue weighted by molar-refractivity contribution is -0.00880. The molecule has 0 radical (unpaired) electrons. The number of carbonyl (C=O) groups is 1. The summed E-state index contributed by atoms with van der Waals surface area (Å²) in [6.45, 7) is 6.72. The van der Waals surface area contributed by atoms with Crippen molar-refractivity contribution in [2.75, 3.05) is 64.4 Å². The number of ether oxygens (including phenoxy) is 4. The highest BCUT2D eigenvalue weighted by Crippen LogP contribution is 2.35. The molecule has 6 aliphatic heterocycles. The summed E-state index contributed by atoms with van der Waals surface area (Å²) in [6, 6.07) is 30.4. The Morgan fingerprint density at radius 2 is 1.07 bits per heavy atom. The Morgan fingerprint density at radius 3 is 1.51 bits per heavy atom. The van der Waals surface area contributed by atoms with Crippen molar-refractivity contribution in [1.82, 2.24) is 39.7 Å². The number of fused-ring (bicyclic) bond motifs is 4. The third-order valence-corrected chi connectivity index (χ3v) is 11.7. The monoisotopic (exact) mass is 826 g/mol. The Kier molecular flexibility index (Phi) is 13.1. The molecular formula is C46H54N10O5. The number of piperidine rings is 2. The molecule has 4 aromatic heterocycles. The lowest BCUT2D eigenvalue weighted by atomic mass is 9.87. The molecule has 6 aliphatic rings. The molecule has 6 aromatic rings. The normalized spacial score (nSPS) is 19.8. The van der Waals surface area contributed by atoms with E-state index in [0.717, 1.165) is 75.2 Å². The highest BCUT2D eigenvalue weighted by molar-refractivity contribution is 5.74. The molecule has 4 atom stereocenters. The number of hydrogen-bond acceptors (Lipinski definition) is 13. The standard InChI is InChI=1S/C23H27N5O2.C16H20N4O.C7H7NO2/c1-29-21-6-3-17(4-7-21)13-27-10-9-22(25-27)26-15-19-11-20(16-26)28(19)14-18-5-8-23(30-2)24-12-18;1-21-15-4-2-12(3-5-15)9-20-7-6-16(18-20)19-10-13-8-14(11-19)17-13;1-10-7-3-2-6(5-9)4-8-7/h3-10,12,19-20H,11,13-16H2,1-2H3;2-7,13-14,17H,8-11H2,1H3;2-5H,1H3. The van der Waals surface area contributed by atoms with Crippen LogP contribution in [0.5, 0.6) is 23.3 Å². The molecule has 0 amide bonds. The molecule has 4 bridgehead atoms. The average molecular weight is 827 g/mol. The average Bonchev–Trinajstić information content (AvgIpc) is 3.99. The molecule has 318 valence electrons. The topological polar surface area (TPSA) is 137 Å². The lowest BCUT2D eigenvalue weighted by Crippen LogP contribution is -2.68. The number of aldehydes is 1. The van der Waals surface area contributed by atoms with Gasteiger partial charge in [0.2, 0.25) is 11.8 Å². The number of methoxy groups -OCH3 is 4. The molecule has 15 heteroatoms. The predicted octanol–water partition coefficient (Wildman–Crippen LogP) is 5.20. The molecule has 15 nitrogen and oxygen atoms in total. The number of anilines is 2. The van der Waals surface area contributed by atoms with Crippen LogP contribution in [-0.2, 0) is 19.6 Å². The maximum Gasteiger partial charge on any atom is 0.212 e. The SMILES string of the molecule is COc1ccc(C=O)cn1.COc1ccc(Cn2ccc(N3CC4CC(C3)N4)n2)cc1.COc1ccc(Cn2ccc(N3CC4CC(C3)N4Cc3ccc(OC)nc3)n2)cc1. The number of nitrogens with one attached hydrogen (secondary N) is 1. The first-order valence-corrected chi connectivity index (χ1v) is 20.7. The molecule has 4 unspecified atom stereocenters. The van der Waals surface area contributed by atoms with Gasteiger partial charge in [-0.1, -0.05) is 30.3 Å². The quantitative estimate of drug-likeness (QED) is 0.153. The van der Waals surface area contributed by atoms with Crippen molar-refractivity contribution in [3.8, 4) is 23.3 Å². The first-order chi connectivity index (χ1) is 29.9. The minimum atomic E-state index is 0.519. The van der Waals surface area contributed by atoms with Gasteiger partial charge in [0.15, 0.2) is 17.9 Å². The van der Waals surface area contributed by atoms with E-state index in [9.17, 15) is 4.79 Å². The van der Waals surface area contributed by atoms with E-state index in [1.807, 2.05) is 45.9 Å². The van der Waals surface area contributed by atoms with Gasteiger partial charge >= 0.3 is 0 Å². The van der Waals surface area contributed by atoms with Gasteiger partial charge in [-0.2, -0.15) is 10.2 Å². The lowest BCUT2D eigenvalue weighted by Gasteiger charge is -2.56. The fourth-order valence-electron chi connectivity index (χ4n) is 8.30. The van der Waals surface area contributed by atoms with E-state index in [1.165, 1.54) is 42.8 Å². The number of piperazine rings is 2. The Labute approximate surface area is 356 Å². The van der Waals surface area contributed by atoms with E-state index >= 15 is 0 Å². The molecule has 10 heterocycles. The van der Waals surface area contributed by atoms with Crippen LogP contribution in [0.15, 0.2) is 110 Å². The third kappa shape index (κ3) is 10.3. The number of benzene rings is 2. The van der Waals surface area contributed by atoms with Gasteiger partial charge in [0.1, 0.15) is 11.5 Å². The van der Waals surface area contributed by atoms with Crippen LogP contribution in [0.3, 0.4) is 0 Å². The van der Waals surface area contributed by atoms with Crippen molar-refractivity contribution >= 4 is 17.9 Å². The number of nitrogens with zero attached hydrogens (tertiary/aromatic N) is 9. The maximum atomic E-state index is 10.1. The highest BCUT2D eigenvalue weighted by atomic mass is 16.5. The third-order valence-electron chi connectivity index (χ3n) is 11.7. The molecule has 61 heavy (non-hydrogen) atoms. The Balaban J connectivity index is 0.000000143. The highest BCUT2D eigenvalue weighted by Gasteiger charge is 2.45. The molecule has 6 fully saturated rings. The zero-order chi connectivity index (χ0) is 42.1. The number of aromatic nitrogens is 6. The van der Waals surface area contributed by atoms with Crippen molar-refractivity contribution in [2.24, 2.45) is 0 Å². The summed E-state index contributed by atoms with van der Waals surface area (Å²) in [5.41, 5.74) is 4.24. The molecule has 0 aliphatic carbocycles. The van der Waals surface area contributed by atoms with Gasteiger partial charge in [0.05, 0.1) is 41.5 Å². The van der Waals surface area contributed by atoms with E-state index in [0.29, 0.717) is 41.5 Å². The summed E-state index contributed by atoms with van der Waals surface area (Å²) in [5, 5.41) is 13.1. The number of hydrogen-bond donors (Lipinski definition) is 1. The first-order valence-electron chi connectivity index (χ1n) is 20.7. The first kappa shape index (κ1) is 41.3. The number of pyridine rings is 2. The van der Waals surface area contributed by atoms with Crippen molar-refractivity contribution in [1.29, 1.82) is 0 Å². The van der Waals surface area contributed by atoms with Crippen molar-refractivity contribution in [3.05, 3.63) is 132 Å². The van der Waals surface area contributed by atoms with Gasteiger partial charge in [-0.25, -0.2) is 9.97 Å². The van der Waals surface area contributed by atoms with Crippen LogP contribution >= 0.6 is 0 Å². The minimum absolute atomic E-state index is 0.519. The van der Waals surface area contributed by atoms with Crippen LogP contribution < -0.4 is 34.1 Å². The predicted molar refractivity (Wildman–Crippen MR) is 233 cm³/mol. The Bertz CT molecular complexity index is 2270. The van der Waals surface area contributed by atoms with Crippen LogP contribution in [0.25, 0.3) is 0 Å². The molecule has 2 aromatic carbocycles. The zero-order valence-electron chi connectivity index (χ0n) is 35.2. The number of carbonyl (C=O) groups excluding carboxylic acids is 1. The van der Waals surface area contributed by atoms with Crippen molar-refractivity contribution in [2.45, 2.75) is 56.6 Å². The fraction of sp³-hybridized carbons (Fsp3) is 0.370. The Hall–Kier alpha value is -6.45. The second-order valence-electron chi connectivity index (χ2n) is 15.7. The van der Waals surface area contributed by atoms with Crippen molar-refractivity contribution < 1.29 is 23.7 Å². The summed E-state index contributed by atoms with van der Waals surface area (Å²) in [7, 11) is 6.55. The second kappa shape index (κ2) is 19.3. The Morgan fingerprint density at radius 1 is 0.574 bits per heavy atom. The van der Waals surface area contributed by atoms with E-state index in [1.54, 1.807) is 33.5 Å². The summed E-state index contributed by atoms with van der Waals surface area (Å²) in [4.78, 5) is 25.7. The molecule has 6 saturated heterocycles. The minimum Gasteiger partial charge on any atom is -0.497 e. The van der Waals surface area contributed by atoms with Gasteiger partial charge in [-0.15, -0.1) is 0 Å². The smallest absolute Gasteiger partial charge is 0.212 e. The maximum absolute atomic E-state index is 10.1. The van der Waals surface area contributed by atoms with E-state index in [4.69, 9.17) is 29.1 Å². The molecule has 12 rings (SSSR count). The zero-order valence-corrected chi connectivity index (χ0v) is 35.2. The second-order valence-corrected chi connectivity index (χ2v) is 15.7. The molecule has 0 spiro atoms. The van der Waals surface area contributed by atoms with Gasteiger partial charge in [-0.05, 0) is 59.9 Å². The largest absolute Gasteiger partial charge is 0.497 e. The van der Waals surface area contributed by atoms with Crippen LogP contribution in [0.1, 0.15) is 39.9 Å². The molecular weight excluding hydrogens is 773 g/mol. The van der Waals surface area contributed by atoms with E-state index in [2.05, 4.69) is 84.8 Å². The van der Waals surface area contributed by atoms with Gasteiger partial charge in [0, 0.05) is 112 Å². The molecule has 0 saturated carbocycles. The summed E-state index contributed by atoms with van der Waals surface area (Å²) < 4.78 is 24.4. The van der Waals surface area contributed by atoms with Gasteiger partial charge in [-0.3, -0.25) is 19.1 Å². The fourth-order valence-corrected chi connectivity index (χ4v) is 8.30. The van der Waals surface area contributed by atoms with Crippen LogP contribution in [-0.4, -0.2) is 120 Å². The summed E-state index contributed by atoms with van der Waals surface area (Å²) in [6.07, 6.45) is 10.9. The van der Waals surface area contributed by atoms with Crippen LogP contribution in [0.2, 0.25) is 0 Å². The van der Waals surface area contributed by atoms with Gasteiger partial charge in [0.25, 0.3) is 0 Å². The van der Waals surface area contributed by atoms with E-state index < -0.39 is 0 Å². The summed E-state index contributed by atoms with van der Waals surface area (Å²) in [5.74, 6) is 5.12. The number of rotatable bonds is 13. The summed E-state index contributed by atoms with van der Waals surface area (Å²) >= 11 is 0. The van der Waals surface area contributed by atoms with Crippen LogP contribution in [0, 0.1) is 0 Å². The van der Waals surface area contributed by atoms with Crippen molar-refractivity contribution in [3.63, 3.8) is 0 Å². The van der Waals surface area contributed by atoms with Crippen LogP contribution in [0.4, 0.5) is 11.6 Å². The van der Waals surface area contributed by atoms with Gasteiger partial charge < -0.3 is 34.1 Å².